The van der Waals surface area contributed by atoms with Crippen LogP contribution in [0.5, 0.6) is 0 Å². The van der Waals surface area contributed by atoms with Gasteiger partial charge in [0.25, 0.3) is 0 Å². The Balaban J connectivity index is 2.01. The lowest BCUT2D eigenvalue weighted by Crippen LogP contribution is -2.25. The van der Waals surface area contributed by atoms with Crippen LogP contribution in [-0.4, -0.2) is 13.9 Å². The fourth-order valence-electron chi connectivity index (χ4n) is 2.93. The second-order valence-corrected chi connectivity index (χ2v) is 8.11. The predicted molar refractivity (Wildman–Crippen MR) is 86.2 cm³/mol. The Hall–Kier alpha value is -1.65. The minimum absolute atomic E-state index is 0.0696. The highest BCUT2D eigenvalue weighted by Gasteiger charge is 2.66. The van der Waals surface area contributed by atoms with Crippen molar-refractivity contribution in [3.05, 3.63) is 65.7 Å². The third-order valence-electron chi connectivity index (χ3n) is 4.31. The van der Waals surface area contributed by atoms with Gasteiger partial charge in [-0.15, -0.1) is 0 Å². The molecule has 0 aromatic heterocycles. The third kappa shape index (κ3) is 2.27. The van der Waals surface area contributed by atoms with Crippen molar-refractivity contribution in [3.63, 3.8) is 0 Å². The summed E-state index contributed by atoms with van der Waals surface area (Å²) in [6.45, 7) is 5.93. The highest BCUT2D eigenvalue weighted by Crippen LogP contribution is 2.55. The monoisotopic (exact) mass is 316 g/mol. The first kappa shape index (κ1) is 15.3. The van der Waals surface area contributed by atoms with Crippen molar-refractivity contribution in [2.24, 2.45) is 5.92 Å². The summed E-state index contributed by atoms with van der Waals surface area (Å²) in [5.41, 5.74) is 0.398. The van der Waals surface area contributed by atoms with Crippen LogP contribution in [-0.2, 0) is 20.2 Å². The van der Waals surface area contributed by atoms with E-state index in [-0.39, 0.29) is 5.92 Å². The van der Waals surface area contributed by atoms with Crippen LogP contribution in [0.2, 0.25) is 0 Å². The van der Waals surface area contributed by atoms with Crippen molar-refractivity contribution in [1.82, 2.24) is 0 Å². The molecule has 2 aromatic rings. The second-order valence-electron chi connectivity index (χ2n) is 6.12. The number of benzene rings is 2. The van der Waals surface area contributed by atoms with Crippen molar-refractivity contribution in [3.8, 4) is 0 Å². The zero-order valence-electron chi connectivity index (χ0n) is 13.0. The van der Waals surface area contributed by atoms with Gasteiger partial charge in [-0.3, -0.25) is 0 Å². The molecule has 1 fully saturated rings. The maximum Gasteiger partial charge on any atom is 0.208 e. The van der Waals surface area contributed by atoms with Crippen molar-refractivity contribution in [1.29, 1.82) is 0 Å². The number of sulfone groups is 1. The average Bonchev–Trinajstić information content (AvgIpc) is 3.26. The highest BCUT2D eigenvalue weighted by molar-refractivity contribution is 7.92. The van der Waals surface area contributed by atoms with Gasteiger partial charge in [-0.05, 0) is 30.5 Å². The first-order valence-corrected chi connectivity index (χ1v) is 8.97. The first-order valence-electron chi connectivity index (χ1n) is 7.43. The van der Waals surface area contributed by atoms with Gasteiger partial charge < -0.3 is 4.74 Å². The van der Waals surface area contributed by atoms with Crippen molar-refractivity contribution in [2.45, 2.75) is 36.7 Å². The SMILES string of the molecule is Cc1ccc(S(=O)(=O)[C@@H]2O[C@@]2(c2ccccc2)C(C)C)cc1. The van der Waals surface area contributed by atoms with Crippen LogP contribution in [0.4, 0.5) is 0 Å². The minimum Gasteiger partial charge on any atom is -0.343 e. The molecule has 0 N–H and O–H groups in total. The van der Waals surface area contributed by atoms with E-state index in [0.717, 1.165) is 11.1 Å². The summed E-state index contributed by atoms with van der Waals surface area (Å²) in [4.78, 5) is 0.321. The molecular weight excluding hydrogens is 296 g/mol. The molecule has 22 heavy (non-hydrogen) atoms. The Labute approximate surface area is 131 Å². The summed E-state index contributed by atoms with van der Waals surface area (Å²) < 4.78 is 31.6. The highest BCUT2D eigenvalue weighted by atomic mass is 32.2. The van der Waals surface area contributed by atoms with Gasteiger partial charge in [-0.25, -0.2) is 8.42 Å². The topological polar surface area (TPSA) is 46.7 Å². The van der Waals surface area contributed by atoms with Crippen LogP contribution in [0.15, 0.2) is 59.5 Å². The van der Waals surface area contributed by atoms with E-state index < -0.39 is 20.9 Å². The maximum atomic E-state index is 12.9. The smallest absolute Gasteiger partial charge is 0.208 e. The summed E-state index contributed by atoms with van der Waals surface area (Å²) in [7, 11) is -3.51. The van der Waals surface area contributed by atoms with Gasteiger partial charge in [0.2, 0.25) is 9.84 Å². The molecule has 0 saturated carbocycles. The van der Waals surface area contributed by atoms with Crippen LogP contribution < -0.4 is 0 Å². The van der Waals surface area contributed by atoms with E-state index in [1.165, 1.54) is 0 Å². The fourth-order valence-corrected chi connectivity index (χ4v) is 4.85. The van der Waals surface area contributed by atoms with Crippen LogP contribution >= 0.6 is 0 Å². The summed E-state index contributed by atoms with van der Waals surface area (Å²) in [6, 6.07) is 16.6. The molecule has 1 aliphatic heterocycles. The maximum absolute atomic E-state index is 12.9. The Kier molecular flexibility index (Phi) is 3.62. The molecule has 0 aliphatic carbocycles. The molecule has 0 unspecified atom stereocenters. The second kappa shape index (κ2) is 5.21. The molecule has 1 saturated heterocycles. The number of epoxide rings is 1. The summed E-state index contributed by atoms with van der Waals surface area (Å²) >= 11 is 0. The molecule has 116 valence electrons. The summed E-state index contributed by atoms with van der Waals surface area (Å²) in [6.07, 6.45) is 0. The first-order chi connectivity index (χ1) is 10.4. The van der Waals surface area contributed by atoms with Crippen molar-refractivity contribution >= 4 is 9.84 Å². The van der Waals surface area contributed by atoms with Gasteiger partial charge in [0.05, 0.1) is 4.90 Å². The molecule has 2 aromatic carbocycles. The molecule has 4 heteroatoms. The summed E-state index contributed by atoms with van der Waals surface area (Å²) in [5.74, 6) is 0.0696. The lowest BCUT2D eigenvalue weighted by Gasteiger charge is -2.17. The Morgan fingerprint density at radius 1 is 1.00 bits per heavy atom. The molecule has 0 spiro atoms. The summed E-state index contributed by atoms with van der Waals surface area (Å²) in [5, 5.41) is 0. The van der Waals surface area contributed by atoms with Gasteiger partial charge in [0.15, 0.2) is 5.44 Å². The Morgan fingerprint density at radius 3 is 2.14 bits per heavy atom. The van der Waals surface area contributed by atoms with E-state index in [2.05, 4.69) is 0 Å². The van der Waals surface area contributed by atoms with E-state index >= 15 is 0 Å². The zero-order chi connectivity index (χ0) is 16.0. The molecule has 0 bridgehead atoms. The Bertz CT molecular complexity index is 764. The number of rotatable bonds is 4. The number of hydrogen-bond acceptors (Lipinski definition) is 3. The van der Waals surface area contributed by atoms with Crippen LogP contribution in [0.1, 0.15) is 25.0 Å². The van der Waals surface area contributed by atoms with E-state index in [1.807, 2.05) is 63.2 Å². The normalized spacial score (nSPS) is 24.5. The van der Waals surface area contributed by atoms with Crippen LogP contribution in [0.3, 0.4) is 0 Å². The van der Waals surface area contributed by atoms with E-state index in [4.69, 9.17) is 4.74 Å². The molecule has 1 aliphatic rings. The van der Waals surface area contributed by atoms with E-state index in [9.17, 15) is 8.42 Å². The molecule has 3 rings (SSSR count). The fraction of sp³-hybridized carbons (Fsp3) is 0.333. The van der Waals surface area contributed by atoms with Crippen LogP contribution in [0.25, 0.3) is 0 Å². The molecule has 3 nitrogen and oxygen atoms in total. The molecule has 0 radical (unpaired) electrons. The van der Waals surface area contributed by atoms with Gasteiger partial charge in [-0.2, -0.15) is 0 Å². The molecular formula is C18H20O3S. The van der Waals surface area contributed by atoms with Gasteiger partial charge in [0, 0.05) is 0 Å². The van der Waals surface area contributed by atoms with Crippen molar-refractivity contribution in [2.75, 3.05) is 0 Å². The molecule has 2 atom stereocenters. The standard InChI is InChI=1S/C18H20O3S/c1-13(2)18(15-7-5-4-6-8-15)17(21-18)22(19,20)16-11-9-14(3)10-12-16/h4-13,17H,1-3H3/t17-,18+/m0/s1. The number of hydrogen-bond donors (Lipinski definition) is 0. The average molecular weight is 316 g/mol. The van der Waals surface area contributed by atoms with Gasteiger partial charge >= 0.3 is 0 Å². The predicted octanol–water partition coefficient (Wildman–Crippen LogP) is 3.68. The minimum atomic E-state index is -3.51. The molecule has 1 heterocycles. The lowest BCUT2D eigenvalue weighted by molar-refractivity contribution is 0.241. The largest absolute Gasteiger partial charge is 0.343 e. The van der Waals surface area contributed by atoms with E-state index in [0.29, 0.717) is 4.90 Å². The third-order valence-corrected chi connectivity index (χ3v) is 6.25. The quantitative estimate of drug-likeness (QED) is 0.808. The van der Waals surface area contributed by atoms with Gasteiger partial charge in [-0.1, -0.05) is 61.9 Å². The van der Waals surface area contributed by atoms with Crippen molar-refractivity contribution < 1.29 is 13.2 Å². The van der Waals surface area contributed by atoms with Gasteiger partial charge in [0.1, 0.15) is 5.60 Å². The molecule has 0 amide bonds. The number of aryl methyl sites for hydroxylation is 1. The lowest BCUT2D eigenvalue weighted by atomic mass is 9.89. The zero-order valence-corrected chi connectivity index (χ0v) is 13.8. The Morgan fingerprint density at radius 2 is 1.59 bits per heavy atom. The number of ether oxygens (including phenoxy) is 1. The van der Waals surface area contributed by atoms with E-state index in [1.54, 1.807) is 12.1 Å². The van der Waals surface area contributed by atoms with Crippen LogP contribution in [0, 0.1) is 12.8 Å².